The van der Waals surface area contributed by atoms with Gasteiger partial charge in [0.15, 0.2) is 0 Å². The predicted molar refractivity (Wildman–Crippen MR) is 90.2 cm³/mol. The van der Waals surface area contributed by atoms with Gasteiger partial charge in [0.2, 0.25) is 0 Å². The molecular formula is C15H15BrN2O3S. The van der Waals surface area contributed by atoms with E-state index in [1.54, 1.807) is 42.5 Å². The van der Waals surface area contributed by atoms with Gasteiger partial charge in [-0.2, -0.15) is 0 Å². The molecule has 0 bridgehead atoms. The highest BCUT2D eigenvalue weighted by atomic mass is 79.9. The largest absolute Gasteiger partial charge is 0.490 e. The summed E-state index contributed by atoms with van der Waals surface area (Å²) in [5.74, 6) is 0.705. The smallest absolute Gasteiger partial charge is 0.261 e. The molecule has 5 nitrogen and oxygen atoms in total. The molecule has 0 saturated carbocycles. The first-order chi connectivity index (χ1) is 10.5. The van der Waals surface area contributed by atoms with Gasteiger partial charge in [-0.3, -0.25) is 4.72 Å². The van der Waals surface area contributed by atoms with Gasteiger partial charge >= 0.3 is 0 Å². The Morgan fingerprint density at radius 1 is 1.18 bits per heavy atom. The van der Waals surface area contributed by atoms with Crippen LogP contribution in [0.3, 0.4) is 0 Å². The molecule has 0 amide bonds. The molecule has 0 radical (unpaired) electrons. The summed E-state index contributed by atoms with van der Waals surface area (Å²) in [5.41, 5.74) is 1.30. The molecule has 1 N–H and O–H groups in total. The number of nitrogens with one attached hydrogen (secondary N) is 1. The van der Waals surface area contributed by atoms with Gasteiger partial charge in [0.05, 0.1) is 17.1 Å². The van der Waals surface area contributed by atoms with Gasteiger partial charge < -0.3 is 9.64 Å². The zero-order chi connectivity index (χ0) is 15.7. The standard InChI is InChI=1S/C15H15BrN2O3S/c1-18-8-9-21-15-7-6-13(10-14(15)18)22(19,20)17-12-4-2-11(16)3-5-12/h2-7,10,17H,8-9H2,1H3. The van der Waals surface area contributed by atoms with Crippen molar-refractivity contribution in [1.29, 1.82) is 0 Å². The third-order valence-corrected chi connectivity index (χ3v) is 5.34. The van der Waals surface area contributed by atoms with E-state index in [2.05, 4.69) is 20.7 Å². The Morgan fingerprint density at radius 2 is 1.91 bits per heavy atom. The van der Waals surface area contributed by atoms with Gasteiger partial charge in [-0.25, -0.2) is 8.42 Å². The van der Waals surface area contributed by atoms with Crippen molar-refractivity contribution in [3.05, 3.63) is 46.9 Å². The topological polar surface area (TPSA) is 58.6 Å². The number of ether oxygens (including phenoxy) is 1. The molecule has 0 spiro atoms. The van der Waals surface area contributed by atoms with Gasteiger partial charge in [-0.1, -0.05) is 15.9 Å². The third kappa shape index (κ3) is 3.05. The lowest BCUT2D eigenvalue weighted by Crippen LogP contribution is -2.29. The second-order valence-corrected chi connectivity index (χ2v) is 7.61. The highest BCUT2D eigenvalue weighted by Gasteiger charge is 2.20. The Kier molecular flexibility index (Phi) is 4.01. The molecule has 0 aliphatic carbocycles. The van der Waals surface area contributed by atoms with Crippen molar-refractivity contribution in [2.24, 2.45) is 0 Å². The van der Waals surface area contributed by atoms with E-state index in [1.165, 1.54) is 0 Å². The molecular weight excluding hydrogens is 368 g/mol. The minimum Gasteiger partial charge on any atom is -0.490 e. The van der Waals surface area contributed by atoms with Crippen molar-refractivity contribution in [1.82, 2.24) is 0 Å². The van der Waals surface area contributed by atoms with E-state index in [9.17, 15) is 8.42 Å². The average Bonchev–Trinajstić information content (AvgIpc) is 2.49. The lowest BCUT2D eigenvalue weighted by Gasteiger charge is -2.28. The number of benzene rings is 2. The maximum Gasteiger partial charge on any atom is 0.261 e. The fraction of sp³-hybridized carbons (Fsp3) is 0.200. The summed E-state index contributed by atoms with van der Waals surface area (Å²) in [6.07, 6.45) is 0. The van der Waals surface area contributed by atoms with Crippen molar-refractivity contribution in [2.45, 2.75) is 4.90 Å². The molecule has 0 atom stereocenters. The lowest BCUT2D eigenvalue weighted by atomic mass is 10.2. The minimum absolute atomic E-state index is 0.214. The van der Waals surface area contributed by atoms with Crippen molar-refractivity contribution >= 4 is 37.3 Å². The number of anilines is 2. The second kappa shape index (κ2) is 5.81. The average molecular weight is 383 g/mol. The Labute approximate surface area is 138 Å². The first-order valence-corrected chi connectivity index (χ1v) is 9.00. The highest BCUT2D eigenvalue weighted by molar-refractivity contribution is 9.10. The van der Waals surface area contributed by atoms with Crippen LogP contribution in [0.2, 0.25) is 0 Å². The SMILES string of the molecule is CN1CCOc2ccc(S(=O)(=O)Nc3ccc(Br)cc3)cc21. The normalized spacial score (nSPS) is 14.2. The van der Waals surface area contributed by atoms with Crippen LogP contribution in [0.5, 0.6) is 5.75 Å². The molecule has 116 valence electrons. The van der Waals surface area contributed by atoms with Gasteiger partial charge in [0.25, 0.3) is 10.0 Å². The van der Waals surface area contributed by atoms with E-state index >= 15 is 0 Å². The van der Waals surface area contributed by atoms with Crippen molar-refractivity contribution in [3.8, 4) is 5.75 Å². The molecule has 2 aromatic carbocycles. The fourth-order valence-corrected chi connectivity index (χ4v) is 3.57. The Morgan fingerprint density at radius 3 is 2.64 bits per heavy atom. The first kappa shape index (κ1) is 15.2. The van der Waals surface area contributed by atoms with Crippen molar-refractivity contribution in [3.63, 3.8) is 0 Å². The van der Waals surface area contributed by atoms with Crippen LogP contribution in [0.4, 0.5) is 11.4 Å². The van der Waals surface area contributed by atoms with E-state index in [-0.39, 0.29) is 4.90 Å². The molecule has 0 aromatic heterocycles. The molecule has 1 aliphatic rings. The first-order valence-electron chi connectivity index (χ1n) is 6.72. The van der Waals surface area contributed by atoms with Gasteiger partial charge in [-0.05, 0) is 42.5 Å². The van der Waals surface area contributed by atoms with Gasteiger partial charge in [0.1, 0.15) is 12.4 Å². The number of rotatable bonds is 3. The molecule has 1 heterocycles. The van der Waals surface area contributed by atoms with Crippen LogP contribution in [-0.2, 0) is 10.0 Å². The summed E-state index contributed by atoms with van der Waals surface area (Å²) >= 11 is 3.32. The number of hydrogen-bond acceptors (Lipinski definition) is 4. The van der Waals surface area contributed by atoms with Crippen LogP contribution >= 0.6 is 15.9 Å². The van der Waals surface area contributed by atoms with E-state index in [1.807, 2.05) is 11.9 Å². The molecule has 22 heavy (non-hydrogen) atoms. The maximum absolute atomic E-state index is 12.5. The third-order valence-electron chi connectivity index (χ3n) is 3.43. The van der Waals surface area contributed by atoms with Crippen LogP contribution in [0, 0.1) is 0 Å². The van der Waals surface area contributed by atoms with Gasteiger partial charge in [-0.15, -0.1) is 0 Å². The predicted octanol–water partition coefficient (Wildman–Crippen LogP) is 3.08. The van der Waals surface area contributed by atoms with E-state index in [4.69, 9.17) is 4.74 Å². The Balaban J connectivity index is 1.92. The minimum atomic E-state index is -3.63. The molecule has 7 heteroatoms. The van der Waals surface area contributed by atoms with Crippen molar-refractivity contribution < 1.29 is 13.2 Å². The quantitative estimate of drug-likeness (QED) is 0.885. The molecule has 2 aromatic rings. The van der Waals surface area contributed by atoms with Crippen LogP contribution in [0.1, 0.15) is 0 Å². The summed E-state index contributed by atoms with van der Waals surface area (Å²) in [6.45, 7) is 1.34. The van der Waals surface area contributed by atoms with E-state index in [0.717, 1.165) is 16.7 Å². The fourth-order valence-electron chi connectivity index (χ4n) is 2.23. The number of halogens is 1. The van der Waals surface area contributed by atoms with Crippen molar-refractivity contribution in [2.75, 3.05) is 29.8 Å². The lowest BCUT2D eigenvalue weighted by molar-refractivity contribution is 0.311. The summed E-state index contributed by atoms with van der Waals surface area (Å²) in [4.78, 5) is 2.20. The number of sulfonamides is 1. The van der Waals surface area contributed by atoms with Crippen LogP contribution in [0.15, 0.2) is 51.8 Å². The number of likely N-dealkylation sites (N-methyl/N-ethyl adjacent to an activating group) is 1. The maximum atomic E-state index is 12.5. The van der Waals surface area contributed by atoms with Crippen LogP contribution < -0.4 is 14.4 Å². The summed E-state index contributed by atoms with van der Waals surface area (Å²) < 4.78 is 34.0. The monoisotopic (exact) mass is 382 g/mol. The Bertz CT molecular complexity index is 791. The summed E-state index contributed by atoms with van der Waals surface area (Å²) in [5, 5.41) is 0. The zero-order valence-corrected chi connectivity index (χ0v) is 14.3. The Hall–Kier alpha value is -1.73. The van der Waals surface area contributed by atoms with Crippen LogP contribution in [0.25, 0.3) is 0 Å². The molecule has 0 fully saturated rings. The van der Waals surface area contributed by atoms with E-state index in [0.29, 0.717) is 18.0 Å². The molecule has 3 rings (SSSR count). The van der Waals surface area contributed by atoms with Gasteiger partial charge in [0, 0.05) is 17.2 Å². The summed E-state index contributed by atoms with van der Waals surface area (Å²) in [7, 11) is -1.71. The number of nitrogens with zero attached hydrogens (tertiary/aromatic N) is 1. The zero-order valence-electron chi connectivity index (χ0n) is 11.9. The summed E-state index contributed by atoms with van der Waals surface area (Å²) in [6, 6.07) is 11.9. The molecule has 0 saturated heterocycles. The number of fused-ring (bicyclic) bond motifs is 1. The number of hydrogen-bond donors (Lipinski definition) is 1. The van der Waals surface area contributed by atoms with Crippen LogP contribution in [-0.4, -0.2) is 28.6 Å². The highest BCUT2D eigenvalue weighted by Crippen LogP contribution is 2.33. The molecule has 1 aliphatic heterocycles. The van der Waals surface area contributed by atoms with E-state index < -0.39 is 10.0 Å². The second-order valence-electron chi connectivity index (χ2n) is 5.01. The molecule has 0 unspecified atom stereocenters.